The van der Waals surface area contributed by atoms with Crippen molar-refractivity contribution in [3.63, 3.8) is 0 Å². The summed E-state index contributed by atoms with van der Waals surface area (Å²) in [5.74, 6) is -0.828. The minimum Gasteiger partial charge on any atom is -0.298 e. The summed E-state index contributed by atoms with van der Waals surface area (Å²) < 4.78 is 29.2. The van der Waals surface area contributed by atoms with Crippen LogP contribution >= 0.6 is 12.2 Å². The highest BCUT2D eigenvalue weighted by Crippen LogP contribution is 2.26. The number of hydrogen-bond acceptors (Lipinski definition) is 2. The van der Waals surface area contributed by atoms with Crippen molar-refractivity contribution >= 4 is 12.2 Å². The van der Waals surface area contributed by atoms with Gasteiger partial charge < -0.3 is 0 Å². The lowest BCUT2D eigenvalue weighted by Crippen LogP contribution is -2.05. The summed E-state index contributed by atoms with van der Waals surface area (Å²) in [6.45, 7) is 5.42. The zero-order valence-electron chi connectivity index (χ0n) is 10.3. The number of benzene rings is 1. The predicted octanol–water partition coefficient (Wildman–Crippen LogP) is 3.78. The summed E-state index contributed by atoms with van der Waals surface area (Å²) in [6, 6.07) is 2.35. The molecule has 0 radical (unpaired) electrons. The molecular formula is C12H13F2N3S. The van der Waals surface area contributed by atoms with Gasteiger partial charge in [0.1, 0.15) is 11.6 Å². The first-order valence-electron chi connectivity index (χ1n) is 5.54. The molecule has 2 aromatic rings. The quantitative estimate of drug-likeness (QED) is 0.842. The Balaban J connectivity index is 2.70. The average Bonchev–Trinajstić information content (AvgIpc) is 2.65. The summed E-state index contributed by atoms with van der Waals surface area (Å²) in [5, 5.41) is 6.66. The third-order valence-electron chi connectivity index (χ3n) is 2.71. The number of hydrogen-bond donors (Lipinski definition) is 1. The van der Waals surface area contributed by atoms with Crippen LogP contribution < -0.4 is 0 Å². The van der Waals surface area contributed by atoms with Crippen LogP contribution in [-0.4, -0.2) is 14.8 Å². The molecule has 0 aliphatic carbocycles. The maximum Gasteiger partial charge on any atom is 0.195 e. The van der Waals surface area contributed by atoms with E-state index < -0.39 is 11.6 Å². The Morgan fingerprint density at radius 2 is 1.94 bits per heavy atom. The fourth-order valence-electron chi connectivity index (χ4n) is 1.80. The highest BCUT2D eigenvalue weighted by atomic mass is 32.1. The topological polar surface area (TPSA) is 33.6 Å². The van der Waals surface area contributed by atoms with Gasteiger partial charge in [-0.25, -0.2) is 8.78 Å². The van der Waals surface area contributed by atoms with Gasteiger partial charge in [-0.3, -0.25) is 9.67 Å². The number of halogens is 2. The molecule has 1 heterocycles. The minimum atomic E-state index is -0.644. The first kappa shape index (κ1) is 12.9. The molecule has 0 saturated carbocycles. The average molecular weight is 269 g/mol. The van der Waals surface area contributed by atoms with Gasteiger partial charge in [-0.2, -0.15) is 5.10 Å². The van der Waals surface area contributed by atoms with Crippen molar-refractivity contribution in [2.45, 2.75) is 26.8 Å². The van der Waals surface area contributed by atoms with Gasteiger partial charge in [0, 0.05) is 12.1 Å². The lowest BCUT2D eigenvalue weighted by atomic mass is 10.1. The molecule has 6 heteroatoms. The predicted molar refractivity (Wildman–Crippen MR) is 67.9 cm³/mol. The van der Waals surface area contributed by atoms with Crippen LogP contribution in [0, 0.1) is 23.3 Å². The second kappa shape index (κ2) is 4.61. The lowest BCUT2D eigenvalue weighted by Gasteiger charge is -2.11. The molecule has 0 saturated heterocycles. The number of nitrogens with zero attached hydrogens (tertiary/aromatic N) is 2. The van der Waals surface area contributed by atoms with Gasteiger partial charge in [0.15, 0.2) is 10.6 Å². The Morgan fingerprint density at radius 3 is 2.56 bits per heavy atom. The van der Waals surface area contributed by atoms with Crippen LogP contribution in [-0.2, 0) is 0 Å². The van der Waals surface area contributed by atoms with E-state index in [-0.39, 0.29) is 11.6 Å². The number of aromatic nitrogens is 3. The van der Waals surface area contributed by atoms with E-state index in [4.69, 9.17) is 12.2 Å². The normalized spacial score (nSPS) is 11.2. The fourth-order valence-corrected chi connectivity index (χ4v) is 2.15. The molecule has 1 aromatic carbocycles. The maximum atomic E-state index is 13.8. The van der Waals surface area contributed by atoms with Gasteiger partial charge in [-0.05, 0) is 44.6 Å². The summed E-state index contributed by atoms with van der Waals surface area (Å²) in [7, 11) is 0. The van der Waals surface area contributed by atoms with E-state index in [1.54, 1.807) is 11.5 Å². The monoisotopic (exact) mass is 269 g/mol. The first-order chi connectivity index (χ1) is 8.41. The second-order valence-electron chi connectivity index (χ2n) is 4.40. The van der Waals surface area contributed by atoms with Crippen molar-refractivity contribution < 1.29 is 8.78 Å². The summed E-state index contributed by atoms with van der Waals surface area (Å²) in [6.07, 6.45) is 0. The van der Waals surface area contributed by atoms with Crippen LogP contribution in [0.1, 0.15) is 25.5 Å². The van der Waals surface area contributed by atoms with Crippen molar-refractivity contribution in [1.82, 2.24) is 14.8 Å². The molecular weight excluding hydrogens is 256 g/mol. The third-order valence-corrected chi connectivity index (χ3v) is 3.00. The smallest absolute Gasteiger partial charge is 0.195 e. The van der Waals surface area contributed by atoms with Crippen LogP contribution in [0.15, 0.2) is 12.1 Å². The van der Waals surface area contributed by atoms with Crippen molar-refractivity contribution in [2.75, 3.05) is 0 Å². The molecule has 0 atom stereocenters. The summed E-state index contributed by atoms with van der Waals surface area (Å²) >= 11 is 5.10. The van der Waals surface area contributed by atoms with Crippen LogP contribution in [0.2, 0.25) is 0 Å². The lowest BCUT2D eigenvalue weighted by molar-refractivity contribution is 0.571. The zero-order chi connectivity index (χ0) is 13.4. The van der Waals surface area contributed by atoms with Crippen LogP contribution in [0.25, 0.3) is 11.4 Å². The van der Waals surface area contributed by atoms with E-state index in [1.807, 2.05) is 13.8 Å². The van der Waals surface area contributed by atoms with Crippen molar-refractivity contribution in [3.05, 3.63) is 34.1 Å². The van der Waals surface area contributed by atoms with Gasteiger partial charge in [0.25, 0.3) is 0 Å². The van der Waals surface area contributed by atoms with Gasteiger partial charge in [0.05, 0.1) is 5.56 Å². The van der Waals surface area contributed by atoms with Crippen LogP contribution in [0.3, 0.4) is 0 Å². The van der Waals surface area contributed by atoms with Gasteiger partial charge in [0.2, 0.25) is 0 Å². The standard InChI is InChI=1S/C12H13F2N3S/c1-6(2)17-11(15-16-12(17)18)8-4-7(3)9(13)5-10(8)14/h4-6H,1-3H3,(H,16,18). The molecule has 18 heavy (non-hydrogen) atoms. The Morgan fingerprint density at radius 1 is 1.28 bits per heavy atom. The molecule has 0 fully saturated rings. The molecule has 0 aliphatic rings. The fraction of sp³-hybridized carbons (Fsp3) is 0.333. The van der Waals surface area contributed by atoms with Crippen molar-refractivity contribution in [2.24, 2.45) is 0 Å². The minimum absolute atomic E-state index is 0.0380. The second-order valence-corrected chi connectivity index (χ2v) is 4.78. The van der Waals surface area contributed by atoms with Gasteiger partial charge in [-0.15, -0.1) is 0 Å². The van der Waals surface area contributed by atoms with E-state index in [1.165, 1.54) is 6.07 Å². The van der Waals surface area contributed by atoms with Crippen molar-refractivity contribution in [1.29, 1.82) is 0 Å². The number of H-pyrrole nitrogens is 1. The molecule has 0 aliphatic heterocycles. The Hall–Kier alpha value is -1.56. The molecule has 3 nitrogen and oxygen atoms in total. The molecule has 0 unspecified atom stereocenters. The number of rotatable bonds is 2. The Bertz CT molecular complexity index is 643. The SMILES string of the molecule is Cc1cc(-c2n[nH]c(=S)n2C(C)C)c(F)cc1F. The molecule has 1 N–H and O–H groups in total. The number of aryl methyl sites for hydroxylation is 1. The van der Waals surface area contributed by atoms with Crippen LogP contribution in [0.5, 0.6) is 0 Å². The highest BCUT2D eigenvalue weighted by Gasteiger charge is 2.16. The summed E-state index contributed by atoms with van der Waals surface area (Å²) in [4.78, 5) is 0. The van der Waals surface area contributed by atoms with E-state index in [9.17, 15) is 8.78 Å². The third kappa shape index (κ3) is 2.08. The largest absolute Gasteiger partial charge is 0.298 e. The molecule has 0 amide bonds. The summed E-state index contributed by atoms with van der Waals surface area (Å²) in [5.41, 5.74) is 0.616. The van der Waals surface area contributed by atoms with Gasteiger partial charge >= 0.3 is 0 Å². The molecule has 1 aromatic heterocycles. The van der Waals surface area contributed by atoms with E-state index in [0.29, 0.717) is 16.2 Å². The molecule has 2 rings (SSSR count). The van der Waals surface area contributed by atoms with E-state index in [2.05, 4.69) is 10.2 Å². The van der Waals surface area contributed by atoms with Crippen molar-refractivity contribution in [3.8, 4) is 11.4 Å². The maximum absolute atomic E-state index is 13.8. The highest BCUT2D eigenvalue weighted by molar-refractivity contribution is 7.71. The Labute approximate surface area is 108 Å². The Kier molecular flexibility index (Phi) is 3.30. The molecule has 0 bridgehead atoms. The zero-order valence-corrected chi connectivity index (χ0v) is 11.1. The number of nitrogens with one attached hydrogen (secondary N) is 1. The van der Waals surface area contributed by atoms with E-state index >= 15 is 0 Å². The first-order valence-corrected chi connectivity index (χ1v) is 5.95. The van der Waals surface area contributed by atoms with Gasteiger partial charge in [-0.1, -0.05) is 0 Å². The number of aromatic amines is 1. The molecule has 0 spiro atoms. The molecule has 96 valence electrons. The van der Waals surface area contributed by atoms with E-state index in [0.717, 1.165) is 6.07 Å². The van der Waals surface area contributed by atoms with Crippen LogP contribution in [0.4, 0.5) is 8.78 Å².